The van der Waals surface area contributed by atoms with Crippen LogP contribution in [0.25, 0.3) is 16.7 Å². The van der Waals surface area contributed by atoms with Gasteiger partial charge in [0.2, 0.25) is 0 Å². The average Bonchev–Trinajstić information content (AvgIpc) is 3.08. The summed E-state index contributed by atoms with van der Waals surface area (Å²) in [5, 5.41) is 1.57. The van der Waals surface area contributed by atoms with Crippen LogP contribution in [0.15, 0.2) is 93.9 Å². The third-order valence-corrected chi connectivity index (χ3v) is 6.91. The van der Waals surface area contributed by atoms with Crippen LogP contribution < -0.4 is 10.5 Å². The van der Waals surface area contributed by atoms with E-state index < -0.39 is 0 Å². The predicted molar refractivity (Wildman–Crippen MR) is 146 cm³/mol. The number of rotatable bonds is 6. The first kappa shape index (κ1) is 24.4. The van der Waals surface area contributed by atoms with E-state index in [2.05, 4.69) is 21.9 Å². The van der Waals surface area contributed by atoms with Gasteiger partial charge in [0.15, 0.2) is 5.96 Å². The van der Waals surface area contributed by atoms with Crippen LogP contribution in [0.3, 0.4) is 0 Å². The molecular weight excluding hydrogens is 483 g/mol. The van der Waals surface area contributed by atoms with Crippen molar-refractivity contribution in [3.8, 4) is 11.1 Å². The monoisotopic (exact) mass is 508 g/mol. The van der Waals surface area contributed by atoms with E-state index in [4.69, 9.17) is 33.9 Å². The minimum atomic E-state index is -0.172. The van der Waals surface area contributed by atoms with Crippen LogP contribution in [0.2, 0.25) is 5.02 Å². The number of aromatic nitrogens is 1. The van der Waals surface area contributed by atoms with Crippen LogP contribution in [0.4, 0.5) is 0 Å². The number of allylic oxidation sites excluding steroid dienone is 4. The molecule has 0 bridgehead atoms. The Morgan fingerprint density at radius 3 is 2.59 bits per heavy atom. The predicted octanol–water partition coefficient (Wildman–Crippen LogP) is 7.76. The fraction of sp³-hybridized carbons (Fsp3) is 0.185. The molecule has 174 valence electrons. The van der Waals surface area contributed by atoms with Crippen molar-refractivity contribution in [1.29, 1.82) is 0 Å². The quantitative estimate of drug-likeness (QED) is 0.202. The average molecular weight is 510 g/mol. The molecule has 1 aliphatic carbocycles. The minimum Gasteiger partial charge on any atom is -0.369 e. The zero-order chi connectivity index (χ0) is 23.9. The van der Waals surface area contributed by atoms with Gasteiger partial charge >= 0.3 is 0 Å². The SMILES string of the molecule is CC(N=C(N)NSc1ccccc1)c1cnc(C2=CC=C(Cl)CCC2)c(-c2ccc(Cl)cc2)c1. The lowest BCUT2D eigenvalue weighted by Crippen LogP contribution is -2.26. The van der Waals surface area contributed by atoms with Crippen molar-refractivity contribution in [3.05, 3.63) is 100 Å². The van der Waals surface area contributed by atoms with Crippen LogP contribution in [0.1, 0.15) is 43.5 Å². The Morgan fingerprint density at radius 2 is 1.82 bits per heavy atom. The molecule has 0 radical (unpaired) electrons. The molecule has 0 aliphatic heterocycles. The third kappa shape index (κ3) is 6.44. The maximum atomic E-state index is 6.28. The molecule has 1 aliphatic rings. The summed E-state index contributed by atoms with van der Waals surface area (Å²) in [5.74, 6) is 0.365. The highest BCUT2D eigenvalue weighted by Gasteiger charge is 2.16. The molecule has 4 rings (SSSR count). The van der Waals surface area contributed by atoms with Gasteiger partial charge in [0.1, 0.15) is 0 Å². The molecular formula is C27H26Cl2N4S. The molecule has 2 aromatic carbocycles. The lowest BCUT2D eigenvalue weighted by Gasteiger charge is -2.16. The largest absolute Gasteiger partial charge is 0.369 e. The van der Waals surface area contributed by atoms with Gasteiger partial charge in [-0.1, -0.05) is 59.6 Å². The molecule has 0 spiro atoms. The number of pyridine rings is 1. The van der Waals surface area contributed by atoms with E-state index in [1.165, 1.54) is 17.5 Å². The zero-order valence-electron chi connectivity index (χ0n) is 18.8. The number of hydrogen-bond donors (Lipinski definition) is 2. The summed E-state index contributed by atoms with van der Waals surface area (Å²) in [4.78, 5) is 10.6. The van der Waals surface area contributed by atoms with Crippen molar-refractivity contribution in [2.24, 2.45) is 10.7 Å². The van der Waals surface area contributed by atoms with Crippen molar-refractivity contribution >= 4 is 46.7 Å². The van der Waals surface area contributed by atoms with Crippen molar-refractivity contribution in [2.75, 3.05) is 0 Å². The van der Waals surface area contributed by atoms with Gasteiger partial charge < -0.3 is 5.73 Å². The molecule has 34 heavy (non-hydrogen) atoms. The zero-order valence-corrected chi connectivity index (χ0v) is 21.2. The summed E-state index contributed by atoms with van der Waals surface area (Å²) in [6.07, 6.45) is 8.75. The second-order valence-electron chi connectivity index (χ2n) is 8.04. The Labute approximate surface area is 215 Å². The van der Waals surface area contributed by atoms with Crippen molar-refractivity contribution in [1.82, 2.24) is 9.71 Å². The van der Waals surface area contributed by atoms with Crippen LogP contribution >= 0.6 is 35.1 Å². The lowest BCUT2D eigenvalue weighted by atomic mass is 9.94. The van der Waals surface area contributed by atoms with E-state index >= 15 is 0 Å². The molecule has 0 fully saturated rings. The van der Waals surface area contributed by atoms with Gasteiger partial charge in [0, 0.05) is 26.7 Å². The standard InChI is InChI=1S/C27H26Cl2N4S/c1-18(32-27(30)33-34-24-8-3-2-4-9-24)21-16-25(19-10-13-23(29)14-11-19)26(31-17-21)20-6-5-7-22(28)15-12-20/h2-4,8-18H,5-7H2,1H3,(H3,30,32,33). The highest BCUT2D eigenvalue weighted by atomic mass is 35.5. The molecule has 0 amide bonds. The Bertz CT molecular complexity index is 1220. The molecule has 1 aromatic heterocycles. The van der Waals surface area contributed by atoms with Crippen LogP contribution in [0.5, 0.6) is 0 Å². The number of guanidine groups is 1. The van der Waals surface area contributed by atoms with Crippen LogP contribution in [0, 0.1) is 0 Å². The van der Waals surface area contributed by atoms with E-state index in [1.54, 1.807) is 0 Å². The van der Waals surface area contributed by atoms with E-state index in [0.717, 1.165) is 51.6 Å². The second kappa shape index (κ2) is 11.6. The summed E-state index contributed by atoms with van der Waals surface area (Å²) in [5.41, 5.74) is 11.4. The highest BCUT2D eigenvalue weighted by molar-refractivity contribution is 7.98. The van der Waals surface area contributed by atoms with E-state index in [0.29, 0.717) is 11.0 Å². The fourth-order valence-corrected chi connectivity index (χ4v) is 4.62. The van der Waals surface area contributed by atoms with Crippen molar-refractivity contribution in [3.63, 3.8) is 0 Å². The fourth-order valence-electron chi connectivity index (χ4n) is 3.73. The first-order valence-corrected chi connectivity index (χ1v) is 12.7. The molecule has 0 saturated heterocycles. The first-order valence-electron chi connectivity index (χ1n) is 11.1. The third-order valence-electron chi connectivity index (χ3n) is 5.53. The minimum absolute atomic E-state index is 0.172. The number of benzene rings is 2. The van der Waals surface area contributed by atoms with Gasteiger partial charge in [-0.25, -0.2) is 4.99 Å². The van der Waals surface area contributed by atoms with Gasteiger partial charge in [-0.15, -0.1) is 0 Å². The summed E-state index contributed by atoms with van der Waals surface area (Å²) >= 11 is 13.9. The lowest BCUT2D eigenvalue weighted by molar-refractivity contribution is 0.806. The van der Waals surface area contributed by atoms with Gasteiger partial charge in [-0.2, -0.15) is 0 Å². The summed E-state index contributed by atoms with van der Waals surface area (Å²) in [6.45, 7) is 2.01. The second-order valence-corrected chi connectivity index (χ2v) is 9.84. The number of aliphatic imine (C=N–C) groups is 1. The molecule has 1 unspecified atom stereocenters. The van der Waals surface area contributed by atoms with Gasteiger partial charge in [-0.3, -0.25) is 9.71 Å². The van der Waals surface area contributed by atoms with Crippen LogP contribution in [-0.2, 0) is 0 Å². The van der Waals surface area contributed by atoms with Crippen LogP contribution in [-0.4, -0.2) is 10.9 Å². The summed E-state index contributed by atoms with van der Waals surface area (Å²) < 4.78 is 3.11. The highest BCUT2D eigenvalue weighted by Crippen LogP contribution is 2.35. The number of hydrogen-bond acceptors (Lipinski definition) is 3. The molecule has 1 atom stereocenters. The topological polar surface area (TPSA) is 63.3 Å². The summed E-state index contributed by atoms with van der Waals surface area (Å²) in [6, 6.07) is 19.8. The molecule has 1 heterocycles. The number of nitrogens with two attached hydrogens (primary N) is 1. The smallest absolute Gasteiger partial charge is 0.199 e. The summed E-state index contributed by atoms with van der Waals surface area (Å²) in [7, 11) is 0. The number of halogens is 2. The number of nitrogens with zero attached hydrogens (tertiary/aromatic N) is 2. The molecule has 4 nitrogen and oxygen atoms in total. The van der Waals surface area contributed by atoms with Gasteiger partial charge in [0.05, 0.1) is 11.7 Å². The van der Waals surface area contributed by atoms with Gasteiger partial charge in [0.25, 0.3) is 0 Å². The van der Waals surface area contributed by atoms with Gasteiger partial charge in [-0.05, 0) is 91.2 Å². The molecule has 7 heteroatoms. The van der Waals surface area contributed by atoms with E-state index in [1.807, 2.05) is 73.8 Å². The Hall–Kier alpha value is -2.73. The maximum absolute atomic E-state index is 6.28. The molecule has 3 N–H and O–H groups in total. The Kier molecular flexibility index (Phi) is 8.33. The Morgan fingerprint density at radius 1 is 1.06 bits per heavy atom. The van der Waals surface area contributed by atoms with E-state index in [-0.39, 0.29) is 6.04 Å². The first-order chi connectivity index (χ1) is 16.5. The molecule has 0 saturated carbocycles. The van der Waals surface area contributed by atoms with Crippen molar-refractivity contribution in [2.45, 2.75) is 37.1 Å². The number of nitrogens with one attached hydrogen (secondary N) is 1. The Balaban J connectivity index is 1.63. The maximum Gasteiger partial charge on any atom is 0.199 e. The van der Waals surface area contributed by atoms with E-state index in [9.17, 15) is 0 Å². The molecule has 3 aromatic rings. The van der Waals surface area contributed by atoms with Crippen molar-refractivity contribution < 1.29 is 0 Å². The normalized spacial score (nSPS) is 15.2.